The highest BCUT2D eigenvalue weighted by Gasteiger charge is 2.54. The number of hydrogen-bond donors (Lipinski definition) is 0. The zero-order chi connectivity index (χ0) is 19.7. The Morgan fingerprint density at radius 2 is 1.44 bits per heavy atom. The molecule has 2 aliphatic rings. The predicted octanol–water partition coefficient (Wildman–Crippen LogP) is 5.08. The lowest BCUT2D eigenvalue weighted by Crippen LogP contribution is -2.40. The van der Waals surface area contributed by atoms with Gasteiger partial charge in [0.1, 0.15) is 0 Å². The molecule has 1 saturated carbocycles. The molecule has 0 spiro atoms. The topological polar surface area (TPSA) is 60.4 Å². The predicted molar refractivity (Wildman–Crippen MR) is 110 cm³/mol. The fourth-order valence-electron chi connectivity index (χ4n) is 4.74. The normalized spacial score (nSPS) is 26.6. The molecule has 2 rings (SSSR count). The summed E-state index contributed by atoms with van der Waals surface area (Å²) in [5.74, 6) is -0.570. The summed E-state index contributed by atoms with van der Waals surface area (Å²) in [4.78, 5) is 12.3. The van der Waals surface area contributed by atoms with E-state index in [2.05, 4.69) is 6.92 Å². The van der Waals surface area contributed by atoms with Crippen molar-refractivity contribution < 1.29 is 17.9 Å². The van der Waals surface area contributed by atoms with Gasteiger partial charge in [-0.25, -0.2) is 8.42 Å². The molecule has 2 bridgehead atoms. The molecule has 0 aromatic heterocycles. The molecule has 0 heterocycles. The van der Waals surface area contributed by atoms with Gasteiger partial charge in [0.2, 0.25) is 0 Å². The van der Waals surface area contributed by atoms with E-state index in [0.29, 0.717) is 13.0 Å². The van der Waals surface area contributed by atoms with Gasteiger partial charge in [0.25, 0.3) is 0 Å². The van der Waals surface area contributed by atoms with E-state index in [0.717, 1.165) is 19.3 Å². The standard InChI is InChI=1S/C22H38O4S/c1-3-5-6-7-8-9-10-11-12-13-16-27(24,25)21-19-15-14-18(17-19)20(21)22(23)26-4-2/h14-15,18-21H,3-13,16-17H2,1-2H3/t18-,19+,20-,21+/m0/s1. The second kappa shape index (κ2) is 11.2. The first-order valence-corrected chi connectivity index (χ1v) is 12.8. The van der Waals surface area contributed by atoms with Crippen LogP contribution in [0.1, 0.15) is 84.5 Å². The van der Waals surface area contributed by atoms with Gasteiger partial charge in [-0.2, -0.15) is 0 Å². The van der Waals surface area contributed by atoms with Crippen LogP contribution in [-0.2, 0) is 19.4 Å². The minimum absolute atomic E-state index is 0.00229. The van der Waals surface area contributed by atoms with Gasteiger partial charge in [0.15, 0.2) is 9.84 Å². The Morgan fingerprint density at radius 3 is 2.04 bits per heavy atom. The van der Waals surface area contributed by atoms with Gasteiger partial charge in [0.05, 0.1) is 23.5 Å². The summed E-state index contributed by atoms with van der Waals surface area (Å²) < 4.78 is 31.0. The van der Waals surface area contributed by atoms with Crippen molar-refractivity contribution in [3.8, 4) is 0 Å². The molecule has 0 amide bonds. The van der Waals surface area contributed by atoms with Crippen molar-refractivity contribution in [1.82, 2.24) is 0 Å². The summed E-state index contributed by atoms with van der Waals surface area (Å²) in [6.45, 7) is 4.31. The average Bonchev–Trinajstić information content (AvgIpc) is 3.25. The molecule has 0 unspecified atom stereocenters. The summed E-state index contributed by atoms with van der Waals surface area (Å²) in [6.07, 6.45) is 16.6. The number of fused-ring (bicyclic) bond motifs is 2. The van der Waals surface area contributed by atoms with Crippen LogP contribution < -0.4 is 0 Å². The summed E-state index contributed by atoms with van der Waals surface area (Å²) in [5, 5.41) is -0.565. The molecule has 0 radical (unpaired) electrons. The van der Waals surface area contributed by atoms with Crippen LogP contribution in [0.15, 0.2) is 12.2 Å². The Labute approximate surface area is 166 Å². The summed E-state index contributed by atoms with van der Waals surface area (Å²) in [7, 11) is -3.26. The zero-order valence-electron chi connectivity index (χ0n) is 17.2. The van der Waals surface area contributed by atoms with Crippen LogP contribution >= 0.6 is 0 Å². The Morgan fingerprint density at radius 1 is 0.889 bits per heavy atom. The van der Waals surface area contributed by atoms with Gasteiger partial charge in [-0.1, -0.05) is 76.9 Å². The molecular weight excluding hydrogens is 360 g/mol. The smallest absolute Gasteiger partial charge is 0.310 e. The van der Waals surface area contributed by atoms with Crippen LogP contribution in [-0.4, -0.2) is 32.0 Å². The highest BCUT2D eigenvalue weighted by molar-refractivity contribution is 7.92. The number of rotatable bonds is 14. The highest BCUT2D eigenvalue weighted by atomic mass is 32.2. The lowest BCUT2D eigenvalue weighted by atomic mass is 9.93. The Hall–Kier alpha value is -0.840. The summed E-state index contributed by atoms with van der Waals surface area (Å²) in [5.41, 5.74) is 0. The number of esters is 1. The Balaban J connectivity index is 1.71. The number of ether oxygens (including phenoxy) is 1. The zero-order valence-corrected chi connectivity index (χ0v) is 18.0. The van der Waals surface area contributed by atoms with Crippen molar-refractivity contribution in [1.29, 1.82) is 0 Å². The maximum atomic E-state index is 12.9. The van der Waals surface area contributed by atoms with Crippen molar-refractivity contribution >= 4 is 15.8 Å². The van der Waals surface area contributed by atoms with Gasteiger partial charge in [-0.05, 0) is 31.6 Å². The van der Waals surface area contributed by atoms with Crippen molar-refractivity contribution in [2.75, 3.05) is 12.4 Å². The van der Waals surface area contributed by atoms with Crippen molar-refractivity contribution in [2.45, 2.75) is 89.7 Å². The fraction of sp³-hybridized carbons (Fsp3) is 0.864. The SMILES string of the molecule is CCCCCCCCCCCCS(=O)(=O)[C@H]1[C@@H](C(=O)OCC)[C@H]2C=C[C@@H]1C2. The van der Waals surface area contributed by atoms with Gasteiger partial charge in [-0.15, -0.1) is 0 Å². The number of sulfone groups is 1. The Bertz CT molecular complexity index is 581. The van der Waals surface area contributed by atoms with E-state index in [1.165, 1.54) is 44.9 Å². The van der Waals surface area contributed by atoms with Gasteiger partial charge < -0.3 is 4.74 Å². The van der Waals surface area contributed by atoms with Crippen molar-refractivity contribution in [3.63, 3.8) is 0 Å². The molecule has 4 atom stereocenters. The van der Waals surface area contributed by atoms with E-state index in [1.807, 2.05) is 12.2 Å². The first-order valence-electron chi connectivity index (χ1n) is 11.1. The third-order valence-electron chi connectivity index (χ3n) is 6.14. The van der Waals surface area contributed by atoms with Crippen LogP contribution in [0.4, 0.5) is 0 Å². The summed E-state index contributed by atoms with van der Waals surface area (Å²) in [6, 6.07) is 0. The van der Waals surface area contributed by atoms with Gasteiger partial charge in [0, 0.05) is 0 Å². The maximum absolute atomic E-state index is 12.9. The van der Waals surface area contributed by atoms with E-state index in [1.54, 1.807) is 6.92 Å². The molecule has 27 heavy (non-hydrogen) atoms. The van der Waals surface area contributed by atoms with E-state index < -0.39 is 21.0 Å². The highest BCUT2D eigenvalue weighted by Crippen LogP contribution is 2.47. The molecule has 0 aromatic rings. The second-order valence-corrected chi connectivity index (χ2v) is 10.5. The number of hydrogen-bond acceptors (Lipinski definition) is 4. The molecule has 2 aliphatic carbocycles. The molecule has 4 nitrogen and oxygen atoms in total. The molecule has 0 aromatic carbocycles. The van der Waals surface area contributed by atoms with Crippen LogP contribution in [0.2, 0.25) is 0 Å². The number of allylic oxidation sites excluding steroid dienone is 2. The maximum Gasteiger partial charge on any atom is 0.310 e. The first kappa shape index (κ1) is 22.4. The molecule has 5 heteroatoms. The van der Waals surface area contributed by atoms with E-state index in [4.69, 9.17) is 4.74 Å². The lowest BCUT2D eigenvalue weighted by molar-refractivity contribution is -0.148. The van der Waals surface area contributed by atoms with E-state index >= 15 is 0 Å². The third-order valence-corrected chi connectivity index (χ3v) is 8.47. The van der Waals surface area contributed by atoms with Crippen molar-refractivity contribution in [3.05, 3.63) is 12.2 Å². The quantitative estimate of drug-likeness (QED) is 0.233. The molecule has 1 fully saturated rings. The van der Waals surface area contributed by atoms with Crippen molar-refractivity contribution in [2.24, 2.45) is 17.8 Å². The van der Waals surface area contributed by atoms with Crippen LogP contribution in [0.25, 0.3) is 0 Å². The second-order valence-electron chi connectivity index (χ2n) is 8.24. The van der Waals surface area contributed by atoms with Gasteiger partial charge in [-0.3, -0.25) is 4.79 Å². The van der Waals surface area contributed by atoms with Crippen LogP contribution in [0, 0.1) is 17.8 Å². The fourth-order valence-corrected chi connectivity index (χ4v) is 7.11. The minimum atomic E-state index is -3.26. The number of carbonyl (C=O) groups is 1. The average molecular weight is 399 g/mol. The number of unbranched alkanes of at least 4 members (excludes halogenated alkanes) is 9. The molecular formula is C22H38O4S. The van der Waals surface area contributed by atoms with Crippen LogP contribution in [0.3, 0.4) is 0 Å². The van der Waals surface area contributed by atoms with E-state index in [-0.39, 0.29) is 23.6 Å². The largest absolute Gasteiger partial charge is 0.466 e. The minimum Gasteiger partial charge on any atom is -0.466 e. The number of carbonyl (C=O) groups excluding carboxylic acids is 1. The first-order chi connectivity index (χ1) is 13.0. The lowest BCUT2D eigenvalue weighted by Gasteiger charge is -2.26. The monoisotopic (exact) mass is 398 g/mol. The molecule has 0 N–H and O–H groups in total. The van der Waals surface area contributed by atoms with Crippen LogP contribution in [0.5, 0.6) is 0 Å². The molecule has 156 valence electrons. The molecule has 0 saturated heterocycles. The van der Waals surface area contributed by atoms with Gasteiger partial charge >= 0.3 is 5.97 Å². The van der Waals surface area contributed by atoms with E-state index in [9.17, 15) is 13.2 Å². The third kappa shape index (κ3) is 6.33. The Kier molecular flexibility index (Phi) is 9.34. The summed E-state index contributed by atoms with van der Waals surface area (Å²) >= 11 is 0. The molecule has 0 aliphatic heterocycles.